The first kappa shape index (κ1) is 14.4. The molecule has 1 saturated heterocycles. The van der Waals surface area contributed by atoms with Crippen LogP contribution in [-0.4, -0.2) is 44.5 Å². The molecule has 1 aliphatic rings. The monoisotopic (exact) mass is 285 g/mol. The number of nitrogens with zero attached hydrogens (tertiary/aromatic N) is 1. The van der Waals surface area contributed by atoms with Crippen LogP contribution in [0.15, 0.2) is 21.9 Å². The lowest BCUT2D eigenvalue weighted by Gasteiger charge is -2.18. The normalized spacial score (nSPS) is 29.5. The van der Waals surface area contributed by atoms with E-state index in [4.69, 9.17) is 10.5 Å². The van der Waals surface area contributed by atoms with Gasteiger partial charge in [-0.2, -0.15) is 0 Å². The lowest BCUT2D eigenvalue weighted by atomic mass is 9.94. The lowest BCUT2D eigenvalue weighted by molar-refractivity contribution is -0.120. The summed E-state index contributed by atoms with van der Waals surface area (Å²) in [4.78, 5) is 35.7. The fourth-order valence-electron chi connectivity index (χ4n) is 2.31. The van der Waals surface area contributed by atoms with E-state index in [1.807, 2.05) is 4.98 Å². The number of primary amides is 1. The van der Waals surface area contributed by atoms with E-state index in [1.165, 1.54) is 6.20 Å². The predicted molar refractivity (Wildman–Crippen MR) is 65.6 cm³/mol. The van der Waals surface area contributed by atoms with Crippen molar-refractivity contribution in [1.29, 1.82) is 0 Å². The highest BCUT2D eigenvalue weighted by molar-refractivity contribution is 5.74. The minimum Gasteiger partial charge on any atom is -0.394 e. The summed E-state index contributed by atoms with van der Waals surface area (Å²) >= 11 is 0. The van der Waals surface area contributed by atoms with Crippen LogP contribution in [-0.2, 0) is 9.53 Å². The summed E-state index contributed by atoms with van der Waals surface area (Å²) in [5.41, 5.74) is 3.75. The van der Waals surface area contributed by atoms with Crippen LogP contribution < -0.4 is 17.0 Å². The number of hydrogen-bond acceptors (Lipinski definition) is 6. The molecule has 1 fully saturated rings. The SMILES string of the molecule is NC(=O)CC1C(CO)OC(n2ccc(=O)[nH]c2=O)C1O. The topological polar surface area (TPSA) is 148 Å². The number of nitrogens with two attached hydrogens (primary N) is 1. The number of H-pyrrole nitrogens is 1. The maximum atomic E-state index is 11.7. The van der Waals surface area contributed by atoms with Gasteiger partial charge < -0.3 is 20.7 Å². The van der Waals surface area contributed by atoms with Crippen LogP contribution in [0.2, 0.25) is 0 Å². The zero-order valence-electron chi connectivity index (χ0n) is 10.4. The van der Waals surface area contributed by atoms with Gasteiger partial charge in [0.2, 0.25) is 5.91 Å². The highest BCUT2D eigenvalue weighted by Crippen LogP contribution is 2.34. The van der Waals surface area contributed by atoms with Crippen molar-refractivity contribution < 1.29 is 19.7 Å². The van der Waals surface area contributed by atoms with Gasteiger partial charge in [-0.05, 0) is 0 Å². The van der Waals surface area contributed by atoms with Crippen molar-refractivity contribution in [2.75, 3.05) is 6.61 Å². The van der Waals surface area contributed by atoms with Crippen molar-refractivity contribution in [2.24, 2.45) is 11.7 Å². The Labute approximate surface area is 112 Å². The van der Waals surface area contributed by atoms with Crippen LogP contribution >= 0.6 is 0 Å². The van der Waals surface area contributed by atoms with Gasteiger partial charge in [-0.25, -0.2) is 4.79 Å². The van der Waals surface area contributed by atoms with Crippen molar-refractivity contribution in [3.8, 4) is 0 Å². The minimum atomic E-state index is -1.21. The molecular formula is C11H15N3O6. The van der Waals surface area contributed by atoms with Crippen LogP contribution in [0.3, 0.4) is 0 Å². The van der Waals surface area contributed by atoms with E-state index in [-0.39, 0.29) is 6.42 Å². The highest BCUT2D eigenvalue weighted by atomic mass is 16.5. The number of hydrogen-bond donors (Lipinski definition) is 4. The third-order valence-electron chi connectivity index (χ3n) is 3.26. The van der Waals surface area contributed by atoms with Crippen LogP contribution in [0.4, 0.5) is 0 Å². The van der Waals surface area contributed by atoms with Crippen molar-refractivity contribution in [2.45, 2.75) is 24.9 Å². The quantitative estimate of drug-likeness (QED) is 0.472. The maximum Gasteiger partial charge on any atom is 0.330 e. The van der Waals surface area contributed by atoms with E-state index in [0.29, 0.717) is 0 Å². The fraction of sp³-hybridized carbons (Fsp3) is 0.545. The molecule has 9 nitrogen and oxygen atoms in total. The first-order valence-corrected chi connectivity index (χ1v) is 5.98. The summed E-state index contributed by atoms with van der Waals surface area (Å²) in [5.74, 6) is -1.37. The first-order chi connectivity index (χ1) is 9.43. The van der Waals surface area contributed by atoms with Gasteiger partial charge in [-0.1, -0.05) is 0 Å². The molecule has 4 unspecified atom stereocenters. The van der Waals surface area contributed by atoms with Gasteiger partial charge in [0.25, 0.3) is 5.56 Å². The molecular weight excluding hydrogens is 270 g/mol. The molecule has 4 atom stereocenters. The maximum absolute atomic E-state index is 11.7. The molecule has 20 heavy (non-hydrogen) atoms. The highest BCUT2D eigenvalue weighted by Gasteiger charge is 2.45. The van der Waals surface area contributed by atoms with Gasteiger partial charge in [0.05, 0.1) is 12.7 Å². The molecule has 2 heterocycles. The second-order valence-corrected chi connectivity index (χ2v) is 4.59. The third kappa shape index (κ3) is 2.64. The molecule has 0 radical (unpaired) electrons. The summed E-state index contributed by atoms with van der Waals surface area (Å²) in [6.07, 6.45) is -2.12. The van der Waals surface area contributed by atoms with Crippen LogP contribution in [0.5, 0.6) is 0 Å². The molecule has 1 amide bonds. The number of rotatable bonds is 4. The number of carbonyl (C=O) groups excluding carboxylic acids is 1. The molecule has 110 valence electrons. The Morgan fingerprint density at radius 1 is 1.50 bits per heavy atom. The number of aliphatic hydroxyl groups excluding tert-OH is 2. The summed E-state index contributed by atoms with van der Waals surface area (Å²) in [7, 11) is 0. The van der Waals surface area contributed by atoms with Gasteiger partial charge in [0, 0.05) is 24.6 Å². The average molecular weight is 285 g/mol. The Kier molecular flexibility index (Phi) is 4.02. The van der Waals surface area contributed by atoms with E-state index in [9.17, 15) is 24.6 Å². The summed E-state index contributed by atoms with van der Waals surface area (Å²) in [6, 6.07) is 1.10. The summed E-state index contributed by atoms with van der Waals surface area (Å²) in [6.45, 7) is -0.427. The number of ether oxygens (including phenoxy) is 1. The van der Waals surface area contributed by atoms with E-state index in [1.54, 1.807) is 0 Å². The van der Waals surface area contributed by atoms with Crippen molar-refractivity contribution in [3.63, 3.8) is 0 Å². The van der Waals surface area contributed by atoms with Gasteiger partial charge >= 0.3 is 5.69 Å². The van der Waals surface area contributed by atoms with Crippen LogP contribution in [0.25, 0.3) is 0 Å². The molecule has 9 heteroatoms. The largest absolute Gasteiger partial charge is 0.394 e. The number of carbonyl (C=O) groups is 1. The molecule has 5 N–H and O–H groups in total. The van der Waals surface area contributed by atoms with E-state index < -0.39 is 48.1 Å². The Morgan fingerprint density at radius 2 is 2.20 bits per heavy atom. The minimum absolute atomic E-state index is 0.180. The Balaban J connectivity index is 2.32. The molecule has 0 bridgehead atoms. The zero-order valence-corrected chi connectivity index (χ0v) is 10.4. The number of amides is 1. The molecule has 0 aromatic carbocycles. The smallest absolute Gasteiger partial charge is 0.330 e. The standard InChI is InChI=1S/C11H15N3O6/c12-7(16)3-5-6(4-15)20-10(9(5)18)14-2-1-8(17)13-11(14)19/h1-2,5-6,9-10,15,18H,3-4H2,(H2,12,16)(H,13,17,19). The number of aliphatic hydroxyl groups is 2. The molecule has 1 aliphatic heterocycles. The second-order valence-electron chi connectivity index (χ2n) is 4.59. The molecule has 0 aliphatic carbocycles. The predicted octanol–water partition coefficient (Wildman–Crippen LogP) is -2.72. The third-order valence-corrected chi connectivity index (χ3v) is 3.26. The molecule has 0 saturated carbocycles. The first-order valence-electron chi connectivity index (χ1n) is 5.98. The van der Waals surface area contributed by atoms with E-state index in [0.717, 1.165) is 10.6 Å². The lowest BCUT2D eigenvalue weighted by Crippen LogP contribution is -2.36. The molecule has 0 spiro atoms. The van der Waals surface area contributed by atoms with Gasteiger partial charge in [-0.3, -0.25) is 19.1 Å². The van der Waals surface area contributed by atoms with Gasteiger partial charge in [-0.15, -0.1) is 0 Å². The number of aromatic amines is 1. The number of nitrogens with one attached hydrogen (secondary N) is 1. The van der Waals surface area contributed by atoms with Crippen LogP contribution in [0.1, 0.15) is 12.6 Å². The van der Waals surface area contributed by atoms with Crippen LogP contribution in [0, 0.1) is 5.92 Å². The molecule has 1 aromatic rings. The molecule has 2 rings (SSSR count). The van der Waals surface area contributed by atoms with Crippen molar-refractivity contribution in [3.05, 3.63) is 33.1 Å². The van der Waals surface area contributed by atoms with Gasteiger partial charge in [0.1, 0.15) is 6.10 Å². The Morgan fingerprint density at radius 3 is 2.75 bits per heavy atom. The van der Waals surface area contributed by atoms with Crippen molar-refractivity contribution >= 4 is 5.91 Å². The zero-order chi connectivity index (χ0) is 14.9. The Bertz CT molecular complexity index is 609. The summed E-state index contributed by atoms with van der Waals surface area (Å²) < 4.78 is 6.37. The van der Waals surface area contributed by atoms with E-state index >= 15 is 0 Å². The second kappa shape index (κ2) is 5.57. The van der Waals surface area contributed by atoms with Gasteiger partial charge in [0.15, 0.2) is 6.23 Å². The average Bonchev–Trinajstić information content (AvgIpc) is 2.67. The number of aromatic nitrogens is 2. The molecule has 1 aromatic heterocycles. The van der Waals surface area contributed by atoms with Crippen molar-refractivity contribution in [1.82, 2.24) is 9.55 Å². The Hall–Kier alpha value is -1.97. The fourth-order valence-corrected chi connectivity index (χ4v) is 2.31. The summed E-state index contributed by atoms with van der Waals surface area (Å²) in [5, 5.41) is 19.4. The van der Waals surface area contributed by atoms with E-state index in [2.05, 4.69) is 0 Å².